The lowest BCUT2D eigenvalue weighted by atomic mass is 9.76. The number of carboxylic acid groups (broad SMARTS) is 1. The van der Waals surface area contributed by atoms with E-state index in [1.807, 2.05) is 12.1 Å². The molecule has 0 radical (unpaired) electrons. The Balaban J connectivity index is 1.17. The molecule has 0 aliphatic carbocycles. The maximum Gasteiger partial charge on any atom is 0.416 e. The number of benzene rings is 2. The number of nitrogens with zero attached hydrogens (tertiary/aromatic N) is 3. The summed E-state index contributed by atoms with van der Waals surface area (Å²) in [4.78, 5) is 36.9. The van der Waals surface area contributed by atoms with Gasteiger partial charge in [-0.1, -0.05) is 0 Å². The normalized spacial score (nSPS) is 18.4. The monoisotopic (exact) mass is 550 g/mol. The van der Waals surface area contributed by atoms with Crippen molar-refractivity contribution in [1.82, 2.24) is 15.0 Å². The van der Waals surface area contributed by atoms with Gasteiger partial charge in [-0.15, -0.1) is 0 Å². The third kappa shape index (κ3) is 4.87. The number of hydrogen-bond donors (Lipinski definition) is 2. The van der Waals surface area contributed by atoms with Crippen molar-refractivity contribution >= 4 is 29.1 Å². The van der Waals surface area contributed by atoms with Crippen LogP contribution in [0.1, 0.15) is 53.1 Å². The Morgan fingerprint density at radius 1 is 1.15 bits per heavy atom. The van der Waals surface area contributed by atoms with E-state index in [2.05, 4.69) is 19.9 Å². The second kappa shape index (κ2) is 9.65. The molecule has 2 aliphatic rings. The number of carbonyl (C=O) groups is 2. The number of alkyl halides is 3. The van der Waals surface area contributed by atoms with Gasteiger partial charge in [-0.2, -0.15) is 13.2 Å². The molecule has 0 amide bonds. The Kier molecular flexibility index (Phi) is 6.24. The van der Waals surface area contributed by atoms with E-state index in [9.17, 15) is 27.9 Å². The van der Waals surface area contributed by atoms with Gasteiger partial charge >= 0.3 is 12.1 Å². The van der Waals surface area contributed by atoms with Crippen LogP contribution in [0.2, 0.25) is 0 Å². The number of ether oxygens (including phenoxy) is 1. The first-order valence-corrected chi connectivity index (χ1v) is 12.9. The van der Waals surface area contributed by atoms with Crippen molar-refractivity contribution < 1.29 is 32.6 Å². The van der Waals surface area contributed by atoms with Crippen molar-refractivity contribution in [3.05, 3.63) is 71.4 Å². The van der Waals surface area contributed by atoms with E-state index in [4.69, 9.17) is 4.74 Å². The van der Waals surface area contributed by atoms with Crippen LogP contribution in [0.15, 0.2) is 54.7 Å². The molecule has 1 fully saturated rings. The molecule has 0 saturated carbocycles. The number of H-pyrrole nitrogens is 1. The highest BCUT2D eigenvalue weighted by Gasteiger charge is 2.44. The van der Waals surface area contributed by atoms with Crippen molar-refractivity contribution in [2.45, 2.75) is 43.4 Å². The van der Waals surface area contributed by atoms with Crippen LogP contribution in [0.3, 0.4) is 0 Å². The number of imidazole rings is 1. The summed E-state index contributed by atoms with van der Waals surface area (Å²) in [6.45, 7) is 1.30. The number of carbonyl (C=O) groups excluding carboxylic acids is 1. The van der Waals surface area contributed by atoms with Gasteiger partial charge in [-0.25, -0.2) is 9.97 Å². The first-order valence-electron chi connectivity index (χ1n) is 12.9. The summed E-state index contributed by atoms with van der Waals surface area (Å²) < 4.78 is 45.6. The van der Waals surface area contributed by atoms with E-state index in [0.29, 0.717) is 66.1 Å². The zero-order valence-electron chi connectivity index (χ0n) is 21.2. The summed E-state index contributed by atoms with van der Waals surface area (Å²) in [5.74, 6) is 0.676. The first-order chi connectivity index (χ1) is 19.1. The van der Waals surface area contributed by atoms with E-state index in [1.54, 1.807) is 24.4 Å². The van der Waals surface area contributed by atoms with Gasteiger partial charge in [0.2, 0.25) is 0 Å². The number of rotatable bonds is 5. The molecule has 4 aromatic rings. The number of fused-ring (bicyclic) bond motifs is 2. The first kappa shape index (κ1) is 25.8. The van der Waals surface area contributed by atoms with E-state index in [1.165, 1.54) is 6.07 Å². The molecule has 1 spiro atoms. The van der Waals surface area contributed by atoms with Crippen molar-refractivity contribution in [1.29, 1.82) is 0 Å². The van der Waals surface area contributed by atoms with E-state index >= 15 is 0 Å². The molecule has 2 aromatic carbocycles. The van der Waals surface area contributed by atoms with Gasteiger partial charge in [-0.3, -0.25) is 9.59 Å². The maximum absolute atomic E-state index is 13.1. The van der Waals surface area contributed by atoms with Crippen LogP contribution in [-0.4, -0.2) is 51.0 Å². The van der Waals surface area contributed by atoms with Crippen LogP contribution in [-0.2, 0) is 11.0 Å². The SMILES string of the molecule is O=Cc1ccc2c(c1)[C@H](CC(=O)O)CC1(CCN(c3ccc(-c4nc5ccc(C(F)(F)F)cc5[nH]4)cn3)CC1)O2. The quantitative estimate of drug-likeness (QED) is 0.301. The molecule has 0 unspecified atom stereocenters. The third-order valence-corrected chi connectivity index (χ3v) is 7.80. The number of nitrogens with one attached hydrogen (secondary N) is 1. The summed E-state index contributed by atoms with van der Waals surface area (Å²) >= 11 is 0. The van der Waals surface area contributed by atoms with Gasteiger partial charge in [0.05, 0.1) is 23.0 Å². The van der Waals surface area contributed by atoms with Crippen molar-refractivity contribution in [3.63, 3.8) is 0 Å². The Morgan fingerprint density at radius 2 is 1.95 bits per heavy atom. The molecule has 0 bridgehead atoms. The summed E-state index contributed by atoms with van der Waals surface area (Å²) in [5, 5.41) is 9.51. The Labute approximate surface area is 226 Å². The third-order valence-electron chi connectivity index (χ3n) is 7.80. The molecule has 8 nitrogen and oxygen atoms in total. The Hall–Kier alpha value is -4.41. The fourth-order valence-corrected chi connectivity index (χ4v) is 5.76. The van der Waals surface area contributed by atoms with E-state index in [-0.39, 0.29) is 12.3 Å². The molecule has 1 atom stereocenters. The number of aliphatic carboxylic acids is 1. The average Bonchev–Trinajstić information content (AvgIpc) is 3.36. The number of halogens is 3. The molecule has 2 aliphatic heterocycles. The highest BCUT2D eigenvalue weighted by molar-refractivity contribution is 5.80. The predicted molar refractivity (Wildman–Crippen MR) is 141 cm³/mol. The number of aromatic amines is 1. The zero-order chi connectivity index (χ0) is 28.1. The Morgan fingerprint density at radius 3 is 2.62 bits per heavy atom. The number of hydrogen-bond acceptors (Lipinski definition) is 6. The minimum atomic E-state index is -4.43. The molecular formula is C29H25F3N4O4. The smallest absolute Gasteiger partial charge is 0.416 e. The fraction of sp³-hybridized carbons (Fsp3) is 0.310. The number of carboxylic acids is 1. The second-order valence-corrected chi connectivity index (χ2v) is 10.4. The molecule has 2 N–H and O–H groups in total. The summed E-state index contributed by atoms with van der Waals surface area (Å²) in [6, 6.07) is 12.2. The van der Waals surface area contributed by atoms with Gasteiger partial charge in [0.1, 0.15) is 29.3 Å². The lowest BCUT2D eigenvalue weighted by Gasteiger charge is -2.47. The number of anilines is 1. The fourth-order valence-electron chi connectivity index (χ4n) is 5.76. The van der Waals surface area contributed by atoms with Crippen LogP contribution in [0, 0.1) is 0 Å². The van der Waals surface area contributed by atoms with Crippen molar-refractivity contribution in [3.8, 4) is 17.1 Å². The number of aromatic nitrogens is 3. The van der Waals surface area contributed by atoms with Crippen LogP contribution < -0.4 is 9.64 Å². The molecule has 4 heterocycles. The molecule has 2 aromatic heterocycles. The topological polar surface area (TPSA) is 108 Å². The number of pyridine rings is 1. The predicted octanol–water partition coefficient (Wildman–Crippen LogP) is 5.84. The number of piperidine rings is 1. The highest BCUT2D eigenvalue weighted by atomic mass is 19.4. The zero-order valence-corrected chi connectivity index (χ0v) is 21.2. The summed E-state index contributed by atoms with van der Waals surface area (Å²) in [7, 11) is 0. The molecule has 11 heteroatoms. The van der Waals surface area contributed by atoms with Crippen LogP contribution in [0.25, 0.3) is 22.4 Å². The molecule has 6 rings (SSSR count). The minimum absolute atomic E-state index is 0.0353. The van der Waals surface area contributed by atoms with Gasteiger partial charge in [0, 0.05) is 49.2 Å². The van der Waals surface area contributed by atoms with Gasteiger partial charge in [0.15, 0.2) is 0 Å². The van der Waals surface area contributed by atoms with Crippen molar-refractivity contribution in [2.75, 3.05) is 18.0 Å². The van der Waals surface area contributed by atoms with E-state index in [0.717, 1.165) is 29.8 Å². The second-order valence-electron chi connectivity index (χ2n) is 10.4. The standard InChI is InChI=1S/C29H25F3N4O4/c30-29(31,32)20-3-4-22-23(13-20)35-27(34-22)18-2-6-25(33-15-18)36-9-7-28(8-10-36)14-19(12-26(38)39)21-11-17(16-37)1-5-24(21)40-28/h1-6,11,13,15-16,19H,7-10,12,14H2,(H,34,35)(H,38,39)/t19-/m1/s1. The van der Waals surface area contributed by atoms with Crippen LogP contribution in [0.5, 0.6) is 5.75 Å². The summed E-state index contributed by atoms with van der Waals surface area (Å²) in [6.07, 6.45) is -0.179. The lowest BCUT2D eigenvalue weighted by Crippen LogP contribution is -2.51. The highest BCUT2D eigenvalue weighted by Crippen LogP contribution is 2.47. The van der Waals surface area contributed by atoms with Gasteiger partial charge in [-0.05, 0) is 60.5 Å². The minimum Gasteiger partial charge on any atom is -0.487 e. The molecule has 40 heavy (non-hydrogen) atoms. The van der Waals surface area contributed by atoms with E-state index < -0.39 is 23.3 Å². The largest absolute Gasteiger partial charge is 0.487 e. The number of aldehydes is 1. The van der Waals surface area contributed by atoms with Crippen LogP contribution >= 0.6 is 0 Å². The molecular weight excluding hydrogens is 525 g/mol. The Bertz CT molecular complexity index is 1590. The average molecular weight is 551 g/mol. The molecule has 206 valence electrons. The van der Waals surface area contributed by atoms with Crippen molar-refractivity contribution in [2.24, 2.45) is 0 Å². The van der Waals surface area contributed by atoms with Gasteiger partial charge in [0.25, 0.3) is 0 Å². The molecule has 1 saturated heterocycles. The lowest BCUT2D eigenvalue weighted by molar-refractivity contribution is -0.138. The maximum atomic E-state index is 13.1. The summed E-state index contributed by atoms with van der Waals surface area (Å²) in [5.41, 5.74) is 1.40. The van der Waals surface area contributed by atoms with Crippen LogP contribution in [0.4, 0.5) is 19.0 Å². The van der Waals surface area contributed by atoms with Gasteiger partial charge < -0.3 is 19.7 Å².